The Kier molecular flexibility index (Phi) is 3.16. The van der Waals surface area contributed by atoms with Crippen molar-refractivity contribution >= 4 is 11.6 Å². The predicted molar refractivity (Wildman–Crippen MR) is 93.9 cm³/mol. The average Bonchev–Trinajstić information content (AvgIpc) is 3.00. The zero-order valence-corrected chi connectivity index (χ0v) is 14.0. The van der Waals surface area contributed by atoms with Gasteiger partial charge in [-0.25, -0.2) is 4.98 Å². The molecule has 3 heterocycles. The molecule has 0 saturated heterocycles. The van der Waals surface area contributed by atoms with Crippen molar-refractivity contribution in [1.82, 2.24) is 15.0 Å². The molecule has 5 heteroatoms. The molecule has 0 bridgehead atoms. The van der Waals surface area contributed by atoms with Crippen LogP contribution in [0.4, 0.5) is 0 Å². The van der Waals surface area contributed by atoms with Gasteiger partial charge in [-0.3, -0.25) is 4.98 Å². The topological polar surface area (TPSA) is 50.8 Å². The van der Waals surface area contributed by atoms with E-state index in [-0.39, 0.29) is 0 Å². The lowest BCUT2D eigenvalue weighted by atomic mass is 9.94. The van der Waals surface area contributed by atoms with E-state index in [2.05, 4.69) is 15.9 Å². The number of hydrogen-bond acceptors (Lipinski definition) is 3. The molecule has 3 aromatic rings. The minimum absolute atomic E-state index is 0.547. The van der Waals surface area contributed by atoms with Crippen molar-refractivity contribution in [3.05, 3.63) is 52.9 Å². The molecule has 4 rings (SSSR count). The fraction of sp³-hybridized carbons (Fsp3) is 0.158. The van der Waals surface area contributed by atoms with Gasteiger partial charge < -0.3 is 9.72 Å². The van der Waals surface area contributed by atoms with E-state index in [1.165, 1.54) is 0 Å². The predicted octanol–water partition coefficient (Wildman–Crippen LogP) is 4.40. The average molecular weight is 336 g/mol. The minimum atomic E-state index is -0.555. The standard InChI is InChI=1S/C19H14ClN3O/c1-4-11-5-6-13-15(9-11)24-19(2,3)17-16(13)22-18(23-17)12-7-8-21-10-14(12)20/h1,5-10H,2-3H3,(H,22,23). The summed E-state index contributed by atoms with van der Waals surface area (Å²) >= 11 is 6.26. The molecule has 2 aromatic heterocycles. The Bertz CT molecular complexity index is 998. The number of terminal acetylenes is 1. The van der Waals surface area contributed by atoms with E-state index in [1.807, 2.05) is 38.1 Å². The number of rotatable bonds is 1. The maximum atomic E-state index is 6.26. The van der Waals surface area contributed by atoms with Gasteiger partial charge in [0, 0.05) is 29.1 Å². The van der Waals surface area contributed by atoms with Gasteiger partial charge in [-0.1, -0.05) is 17.5 Å². The molecule has 24 heavy (non-hydrogen) atoms. The zero-order chi connectivity index (χ0) is 16.9. The number of nitrogens with zero attached hydrogens (tertiary/aromatic N) is 2. The number of aromatic nitrogens is 3. The quantitative estimate of drug-likeness (QED) is 0.670. The number of imidazole rings is 1. The van der Waals surface area contributed by atoms with Crippen LogP contribution >= 0.6 is 11.6 Å². The first-order valence-electron chi connectivity index (χ1n) is 7.50. The number of benzene rings is 1. The van der Waals surface area contributed by atoms with Crippen molar-refractivity contribution in [3.8, 4) is 40.7 Å². The lowest BCUT2D eigenvalue weighted by Crippen LogP contribution is -2.29. The fourth-order valence-corrected chi connectivity index (χ4v) is 3.13. The summed E-state index contributed by atoms with van der Waals surface area (Å²) in [6, 6.07) is 7.53. The largest absolute Gasteiger partial charge is 0.481 e. The third-order valence-electron chi connectivity index (χ3n) is 4.10. The minimum Gasteiger partial charge on any atom is -0.481 e. The summed E-state index contributed by atoms with van der Waals surface area (Å²) in [5.74, 6) is 4.06. The van der Waals surface area contributed by atoms with E-state index >= 15 is 0 Å². The molecule has 118 valence electrons. The second-order valence-electron chi connectivity index (χ2n) is 6.13. The Hall–Kier alpha value is -2.77. The van der Waals surface area contributed by atoms with Crippen molar-refractivity contribution < 1.29 is 4.74 Å². The highest BCUT2D eigenvalue weighted by Gasteiger charge is 2.36. The van der Waals surface area contributed by atoms with Crippen molar-refractivity contribution in [2.45, 2.75) is 19.4 Å². The molecular weight excluding hydrogens is 322 g/mol. The van der Waals surface area contributed by atoms with Crippen molar-refractivity contribution in [2.75, 3.05) is 0 Å². The Morgan fingerprint density at radius 3 is 2.83 bits per heavy atom. The van der Waals surface area contributed by atoms with E-state index in [9.17, 15) is 0 Å². The van der Waals surface area contributed by atoms with Gasteiger partial charge >= 0.3 is 0 Å². The SMILES string of the molecule is C#Cc1ccc2c(c1)OC(C)(C)c1[nH]c(-c3ccncc3Cl)nc1-2. The number of halogens is 1. The first-order chi connectivity index (χ1) is 11.5. The van der Waals surface area contributed by atoms with Crippen molar-refractivity contribution in [2.24, 2.45) is 0 Å². The van der Waals surface area contributed by atoms with Crippen LogP contribution in [-0.4, -0.2) is 15.0 Å². The Morgan fingerprint density at radius 1 is 1.25 bits per heavy atom. The third kappa shape index (κ3) is 2.17. The summed E-state index contributed by atoms with van der Waals surface area (Å²) in [5.41, 5.74) is 3.70. The van der Waals surface area contributed by atoms with Gasteiger partial charge in [-0.15, -0.1) is 6.42 Å². The molecule has 1 aromatic carbocycles. The molecule has 0 unspecified atom stereocenters. The molecule has 1 N–H and O–H groups in total. The second-order valence-corrected chi connectivity index (χ2v) is 6.54. The summed E-state index contributed by atoms with van der Waals surface area (Å²) in [5, 5.41) is 0.547. The molecule has 0 spiro atoms. The van der Waals surface area contributed by atoms with Crippen LogP contribution in [0, 0.1) is 12.3 Å². The highest BCUT2D eigenvalue weighted by molar-refractivity contribution is 6.33. The molecular formula is C19H14ClN3O. The third-order valence-corrected chi connectivity index (χ3v) is 4.40. The first-order valence-corrected chi connectivity index (χ1v) is 7.88. The van der Waals surface area contributed by atoms with Gasteiger partial charge in [-0.2, -0.15) is 0 Å². The van der Waals surface area contributed by atoms with Crippen LogP contribution in [0.3, 0.4) is 0 Å². The number of pyridine rings is 1. The normalized spacial score (nSPS) is 14.2. The Balaban J connectivity index is 1.94. The highest BCUT2D eigenvalue weighted by atomic mass is 35.5. The van der Waals surface area contributed by atoms with Crippen LogP contribution in [0.2, 0.25) is 5.02 Å². The lowest BCUT2D eigenvalue weighted by Gasteiger charge is -2.31. The van der Waals surface area contributed by atoms with E-state index in [0.717, 1.165) is 33.8 Å². The van der Waals surface area contributed by atoms with Crippen molar-refractivity contribution in [3.63, 3.8) is 0 Å². The smallest absolute Gasteiger partial charge is 0.145 e. The molecule has 0 fully saturated rings. The summed E-state index contributed by atoms with van der Waals surface area (Å²) < 4.78 is 6.16. The fourth-order valence-electron chi connectivity index (χ4n) is 2.92. The van der Waals surface area contributed by atoms with E-state index < -0.39 is 5.60 Å². The maximum absolute atomic E-state index is 6.26. The van der Waals surface area contributed by atoms with Gasteiger partial charge in [-0.05, 0) is 38.1 Å². The highest BCUT2D eigenvalue weighted by Crippen LogP contribution is 2.45. The van der Waals surface area contributed by atoms with E-state index in [4.69, 9.17) is 27.7 Å². The molecule has 0 aliphatic carbocycles. The van der Waals surface area contributed by atoms with Crippen LogP contribution in [0.25, 0.3) is 22.6 Å². The monoisotopic (exact) mass is 335 g/mol. The van der Waals surface area contributed by atoms with Crippen LogP contribution in [0.1, 0.15) is 25.1 Å². The van der Waals surface area contributed by atoms with Gasteiger partial charge in [0.05, 0.1) is 16.4 Å². The van der Waals surface area contributed by atoms with Crippen LogP contribution in [0.15, 0.2) is 36.7 Å². The molecule has 0 atom stereocenters. The number of ether oxygens (including phenoxy) is 1. The van der Waals surface area contributed by atoms with Gasteiger partial charge in [0.25, 0.3) is 0 Å². The van der Waals surface area contributed by atoms with Gasteiger partial charge in [0.15, 0.2) is 0 Å². The van der Waals surface area contributed by atoms with Crippen molar-refractivity contribution in [1.29, 1.82) is 0 Å². The summed E-state index contributed by atoms with van der Waals surface area (Å²) in [7, 11) is 0. The molecule has 4 nitrogen and oxygen atoms in total. The number of nitrogens with one attached hydrogen (secondary N) is 1. The maximum Gasteiger partial charge on any atom is 0.145 e. The molecule has 0 radical (unpaired) electrons. The zero-order valence-electron chi connectivity index (χ0n) is 13.2. The molecule has 0 saturated carbocycles. The summed E-state index contributed by atoms with van der Waals surface area (Å²) in [6.07, 6.45) is 8.79. The van der Waals surface area contributed by atoms with Crippen LogP contribution in [0.5, 0.6) is 5.75 Å². The number of H-pyrrole nitrogens is 1. The van der Waals surface area contributed by atoms with E-state index in [1.54, 1.807) is 12.4 Å². The number of hydrogen-bond donors (Lipinski definition) is 1. The summed E-state index contributed by atoms with van der Waals surface area (Å²) in [4.78, 5) is 12.2. The molecule has 1 aliphatic rings. The van der Waals surface area contributed by atoms with Crippen LogP contribution in [-0.2, 0) is 5.60 Å². The molecule has 1 aliphatic heterocycles. The first kappa shape index (κ1) is 14.8. The van der Waals surface area contributed by atoms with Gasteiger partial charge in [0.2, 0.25) is 0 Å². The van der Waals surface area contributed by atoms with Gasteiger partial charge in [0.1, 0.15) is 17.2 Å². The summed E-state index contributed by atoms with van der Waals surface area (Å²) in [6.45, 7) is 3.99. The number of aromatic amines is 1. The molecule has 0 amide bonds. The second kappa shape index (κ2) is 5.12. The Labute approximate surface area is 144 Å². The Morgan fingerprint density at radius 2 is 2.08 bits per heavy atom. The number of fused-ring (bicyclic) bond motifs is 3. The van der Waals surface area contributed by atoms with E-state index in [0.29, 0.717) is 10.8 Å². The van der Waals surface area contributed by atoms with Crippen LogP contribution < -0.4 is 4.74 Å². The lowest BCUT2D eigenvalue weighted by molar-refractivity contribution is 0.101.